The maximum atomic E-state index is 13.4. The third kappa shape index (κ3) is 2.16. The fraction of sp³-hybridized carbons (Fsp3) is 0.455. The van der Waals surface area contributed by atoms with Gasteiger partial charge in [-0.3, -0.25) is 4.90 Å². The lowest BCUT2D eigenvalue weighted by Crippen LogP contribution is -2.35. The summed E-state index contributed by atoms with van der Waals surface area (Å²) in [5, 5.41) is 0. The molecule has 1 heterocycles. The zero-order valence-electron chi connectivity index (χ0n) is 8.47. The molecule has 0 saturated carbocycles. The molecule has 2 N–H and O–H groups in total. The van der Waals surface area contributed by atoms with Gasteiger partial charge in [-0.1, -0.05) is 0 Å². The second kappa shape index (κ2) is 4.24. The van der Waals surface area contributed by atoms with Crippen molar-refractivity contribution in [2.75, 3.05) is 19.6 Å². The van der Waals surface area contributed by atoms with Crippen molar-refractivity contribution in [1.82, 2.24) is 4.90 Å². The number of hydrogen-bond acceptors (Lipinski definition) is 2. The molecule has 0 aromatic heterocycles. The topological polar surface area (TPSA) is 29.3 Å². The van der Waals surface area contributed by atoms with E-state index in [-0.39, 0.29) is 0 Å². The first-order chi connectivity index (χ1) is 7.20. The van der Waals surface area contributed by atoms with Crippen LogP contribution in [-0.2, 0) is 13.0 Å². The van der Waals surface area contributed by atoms with Crippen LogP contribution in [0, 0.1) is 11.6 Å². The Morgan fingerprint density at radius 3 is 2.87 bits per heavy atom. The molecule has 0 spiro atoms. The lowest BCUT2D eigenvalue weighted by molar-refractivity contribution is 0.256. The molecular weight excluding hydrogens is 198 g/mol. The average Bonchev–Trinajstić information content (AvgIpc) is 2.19. The standard InChI is InChI=1S/C11H14F2N2/c12-9-5-8-1-3-15(4-2-14)7-10(8)11(13)6-9/h5-6H,1-4,7,14H2. The zero-order valence-corrected chi connectivity index (χ0v) is 8.47. The summed E-state index contributed by atoms with van der Waals surface area (Å²) in [6.07, 6.45) is 0.698. The molecule has 82 valence electrons. The van der Waals surface area contributed by atoms with Gasteiger partial charge in [0.15, 0.2) is 0 Å². The van der Waals surface area contributed by atoms with Gasteiger partial charge >= 0.3 is 0 Å². The summed E-state index contributed by atoms with van der Waals surface area (Å²) in [6.45, 7) is 2.69. The molecule has 15 heavy (non-hydrogen) atoms. The molecule has 1 aliphatic rings. The van der Waals surface area contributed by atoms with E-state index in [1.54, 1.807) is 0 Å². The number of benzene rings is 1. The first kappa shape index (κ1) is 10.5. The monoisotopic (exact) mass is 212 g/mol. The molecule has 1 aliphatic heterocycles. The number of fused-ring (bicyclic) bond motifs is 1. The number of nitrogens with zero attached hydrogens (tertiary/aromatic N) is 1. The quantitative estimate of drug-likeness (QED) is 0.800. The normalized spacial score (nSPS) is 16.5. The highest BCUT2D eigenvalue weighted by molar-refractivity contribution is 5.31. The predicted molar refractivity (Wildman–Crippen MR) is 54.4 cm³/mol. The SMILES string of the molecule is NCCN1CCc2cc(F)cc(F)c2C1. The van der Waals surface area contributed by atoms with Crippen molar-refractivity contribution in [2.45, 2.75) is 13.0 Å². The van der Waals surface area contributed by atoms with Crippen LogP contribution < -0.4 is 5.73 Å². The van der Waals surface area contributed by atoms with Gasteiger partial charge in [0.1, 0.15) is 11.6 Å². The van der Waals surface area contributed by atoms with Crippen LogP contribution in [0.5, 0.6) is 0 Å². The molecule has 1 aromatic carbocycles. The van der Waals surface area contributed by atoms with Crippen LogP contribution in [0.1, 0.15) is 11.1 Å². The Morgan fingerprint density at radius 2 is 2.13 bits per heavy atom. The molecule has 4 heteroatoms. The van der Waals surface area contributed by atoms with Gasteiger partial charge < -0.3 is 5.73 Å². The highest BCUT2D eigenvalue weighted by Gasteiger charge is 2.19. The van der Waals surface area contributed by atoms with Gasteiger partial charge in [0.25, 0.3) is 0 Å². The second-order valence-corrected chi connectivity index (χ2v) is 3.84. The smallest absolute Gasteiger partial charge is 0.130 e. The molecule has 0 radical (unpaired) electrons. The van der Waals surface area contributed by atoms with E-state index in [0.717, 1.165) is 24.7 Å². The number of hydrogen-bond donors (Lipinski definition) is 1. The summed E-state index contributed by atoms with van der Waals surface area (Å²) in [5.41, 5.74) is 6.86. The van der Waals surface area contributed by atoms with Crippen molar-refractivity contribution in [3.8, 4) is 0 Å². The minimum Gasteiger partial charge on any atom is -0.329 e. The largest absolute Gasteiger partial charge is 0.329 e. The summed E-state index contributed by atoms with van der Waals surface area (Å²) in [6, 6.07) is 2.38. The van der Waals surface area contributed by atoms with Gasteiger partial charge in [-0.15, -0.1) is 0 Å². The van der Waals surface area contributed by atoms with Crippen molar-refractivity contribution in [2.24, 2.45) is 5.73 Å². The molecule has 0 atom stereocenters. The Balaban J connectivity index is 2.25. The fourth-order valence-corrected chi connectivity index (χ4v) is 2.01. The number of rotatable bonds is 2. The summed E-state index contributed by atoms with van der Waals surface area (Å²) in [5.74, 6) is -0.926. The van der Waals surface area contributed by atoms with Crippen molar-refractivity contribution >= 4 is 0 Å². The lowest BCUT2D eigenvalue weighted by Gasteiger charge is -2.28. The second-order valence-electron chi connectivity index (χ2n) is 3.84. The van der Waals surface area contributed by atoms with Gasteiger partial charge in [-0.25, -0.2) is 8.78 Å². The van der Waals surface area contributed by atoms with Crippen LogP contribution in [0.2, 0.25) is 0 Å². The van der Waals surface area contributed by atoms with E-state index in [2.05, 4.69) is 4.90 Å². The van der Waals surface area contributed by atoms with Crippen molar-refractivity contribution in [3.05, 3.63) is 34.9 Å². The molecule has 0 amide bonds. The minimum atomic E-state index is -0.487. The Bertz CT molecular complexity index is 366. The number of nitrogens with two attached hydrogens (primary N) is 1. The van der Waals surface area contributed by atoms with Crippen molar-refractivity contribution in [3.63, 3.8) is 0 Å². The van der Waals surface area contributed by atoms with E-state index in [1.165, 1.54) is 6.07 Å². The van der Waals surface area contributed by atoms with Crippen molar-refractivity contribution in [1.29, 1.82) is 0 Å². The summed E-state index contributed by atoms with van der Waals surface area (Å²) in [4.78, 5) is 2.09. The number of halogens is 2. The fourth-order valence-electron chi connectivity index (χ4n) is 2.01. The van der Waals surface area contributed by atoms with Crippen LogP contribution in [0.3, 0.4) is 0 Å². The van der Waals surface area contributed by atoms with Gasteiger partial charge in [-0.2, -0.15) is 0 Å². The van der Waals surface area contributed by atoms with Gasteiger partial charge in [-0.05, 0) is 18.1 Å². The Hall–Kier alpha value is -1.00. The third-order valence-corrected chi connectivity index (χ3v) is 2.78. The third-order valence-electron chi connectivity index (χ3n) is 2.78. The van der Waals surface area contributed by atoms with Crippen LogP contribution >= 0.6 is 0 Å². The molecular formula is C11H14F2N2. The molecule has 1 aromatic rings. The highest BCUT2D eigenvalue weighted by atomic mass is 19.1. The van der Waals surface area contributed by atoms with E-state index in [1.807, 2.05) is 0 Å². The van der Waals surface area contributed by atoms with Gasteiger partial charge in [0.05, 0.1) is 0 Å². The predicted octanol–water partition coefficient (Wildman–Crippen LogP) is 1.28. The summed E-state index contributed by atoms with van der Waals surface area (Å²) >= 11 is 0. The molecule has 0 unspecified atom stereocenters. The van der Waals surface area contributed by atoms with Crippen LogP contribution in [0.25, 0.3) is 0 Å². The molecule has 2 nitrogen and oxygen atoms in total. The molecule has 0 saturated heterocycles. The Morgan fingerprint density at radius 1 is 1.33 bits per heavy atom. The maximum absolute atomic E-state index is 13.4. The zero-order chi connectivity index (χ0) is 10.8. The van der Waals surface area contributed by atoms with E-state index >= 15 is 0 Å². The first-order valence-electron chi connectivity index (χ1n) is 5.10. The van der Waals surface area contributed by atoms with Gasteiger partial charge in [0.2, 0.25) is 0 Å². The van der Waals surface area contributed by atoms with E-state index in [0.29, 0.717) is 25.1 Å². The minimum absolute atomic E-state index is 0.438. The summed E-state index contributed by atoms with van der Waals surface area (Å²) in [7, 11) is 0. The lowest BCUT2D eigenvalue weighted by atomic mass is 9.99. The van der Waals surface area contributed by atoms with E-state index < -0.39 is 11.6 Å². The Kier molecular flexibility index (Phi) is 2.98. The maximum Gasteiger partial charge on any atom is 0.130 e. The first-order valence-corrected chi connectivity index (χ1v) is 5.10. The molecule has 0 aliphatic carbocycles. The molecule has 0 fully saturated rings. The van der Waals surface area contributed by atoms with E-state index in [9.17, 15) is 8.78 Å². The van der Waals surface area contributed by atoms with Crippen LogP contribution in [0.15, 0.2) is 12.1 Å². The average molecular weight is 212 g/mol. The van der Waals surface area contributed by atoms with Crippen LogP contribution in [-0.4, -0.2) is 24.5 Å². The van der Waals surface area contributed by atoms with Crippen LogP contribution in [0.4, 0.5) is 8.78 Å². The van der Waals surface area contributed by atoms with Crippen molar-refractivity contribution < 1.29 is 8.78 Å². The molecule has 0 bridgehead atoms. The Labute approximate surface area is 87.7 Å². The summed E-state index contributed by atoms with van der Waals surface area (Å²) < 4.78 is 26.4. The highest BCUT2D eigenvalue weighted by Crippen LogP contribution is 2.22. The molecule has 2 rings (SSSR count). The van der Waals surface area contributed by atoms with Gasteiger partial charge in [0, 0.05) is 37.8 Å². The van der Waals surface area contributed by atoms with E-state index in [4.69, 9.17) is 5.73 Å².